The van der Waals surface area contributed by atoms with Crippen molar-refractivity contribution in [2.24, 2.45) is 0 Å². The number of halogens is 1. The van der Waals surface area contributed by atoms with Crippen molar-refractivity contribution < 1.29 is 14.3 Å². The fourth-order valence-electron chi connectivity index (χ4n) is 1.47. The van der Waals surface area contributed by atoms with Gasteiger partial charge in [0.05, 0.1) is 6.54 Å². The summed E-state index contributed by atoms with van der Waals surface area (Å²) >= 11 is 3.17. The van der Waals surface area contributed by atoms with E-state index < -0.39 is 0 Å². The first-order valence-electron chi connectivity index (χ1n) is 5.38. The SMILES string of the molecule is C=C(Br)CNC(=O)NCc1ccc2c(c1)OCO2. The van der Waals surface area contributed by atoms with Crippen LogP contribution in [0.4, 0.5) is 4.79 Å². The maximum atomic E-state index is 11.4. The zero-order valence-corrected chi connectivity index (χ0v) is 11.2. The second-order valence-corrected chi connectivity index (χ2v) is 4.86. The predicted molar refractivity (Wildman–Crippen MR) is 70.9 cm³/mol. The number of urea groups is 1. The van der Waals surface area contributed by atoms with Crippen molar-refractivity contribution in [3.63, 3.8) is 0 Å². The lowest BCUT2D eigenvalue weighted by atomic mass is 10.2. The van der Waals surface area contributed by atoms with E-state index in [-0.39, 0.29) is 12.8 Å². The number of carbonyl (C=O) groups excluding carboxylic acids is 1. The summed E-state index contributed by atoms with van der Waals surface area (Å²) in [5.41, 5.74) is 0.951. The molecule has 0 unspecified atom stereocenters. The Kier molecular flexibility index (Phi) is 4.09. The Labute approximate surface area is 113 Å². The Morgan fingerprint density at radius 2 is 2.11 bits per heavy atom. The Balaban J connectivity index is 1.83. The fourth-order valence-corrected chi connectivity index (χ4v) is 1.61. The molecule has 5 nitrogen and oxygen atoms in total. The number of hydrogen-bond acceptors (Lipinski definition) is 3. The number of nitrogens with one attached hydrogen (secondary N) is 2. The van der Waals surface area contributed by atoms with Gasteiger partial charge in [-0.15, -0.1) is 0 Å². The maximum Gasteiger partial charge on any atom is 0.315 e. The van der Waals surface area contributed by atoms with E-state index in [1.165, 1.54) is 0 Å². The first kappa shape index (κ1) is 12.8. The fraction of sp³-hybridized carbons (Fsp3) is 0.250. The van der Waals surface area contributed by atoms with Crippen LogP contribution < -0.4 is 20.1 Å². The van der Waals surface area contributed by atoms with E-state index >= 15 is 0 Å². The van der Waals surface area contributed by atoms with E-state index in [4.69, 9.17) is 9.47 Å². The van der Waals surface area contributed by atoms with Crippen LogP contribution in [0, 0.1) is 0 Å². The van der Waals surface area contributed by atoms with Crippen LogP contribution in [0.1, 0.15) is 5.56 Å². The van der Waals surface area contributed by atoms with E-state index in [0.717, 1.165) is 15.8 Å². The lowest BCUT2D eigenvalue weighted by Gasteiger charge is -2.07. The molecule has 0 aromatic heterocycles. The van der Waals surface area contributed by atoms with Gasteiger partial charge in [0.2, 0.25) is 6.79 Å². The van der Waals surface area contributed by atoms with E-state index in [1.54, 1.807) is 0 Å². The molecule has 1 aromatic rings. The van der Waals surface area contributed by atoms with Gasteiger partial charge in [0, 0.05) is 11.0 Å². The lowest BCUT2D eigenvalue weighted by molar-refractivity contribution is 0.174. The monoisotopic (exact) mass is 312 g/mol. The summed E-state index contributed by atoms with van der Waals surface area (Å²) < 4.78 is 11.2. The molecule has 96 valence electrons. The molecule has 2 amide bonds. The highest BCUT2D eigenvalue weighted by Crippen LogP contribution is 2.32. The lowest BCUT2D eigenvalue weighted by Crippen LogP contribution is -2.35. The molecule has 0 atom stereocenters. The van der Waals surface area contributed by atoms with Gasteiger partial charge in [-0.1, -0.05) is 28.6 Å². The molecule has 6 heteroatoms. The molecule has 1 heterocycles. The highest BCUT2D eigenvalue weighted by Gasteiger charge is 2.13. The molecule has 2 N–H and O–H groups in total. The van der Waals surface area contributed by atoms with Crippen LogP contribution in [-0.4, -0.2) is 19.4 Å². The second-order valence-electron chi connectivity index (χ2n) is 3.74. The van der Waals surface area contributed by atoms with Crippen molar-refractivity contribution in [2.75, 3.05) is 13.3 Å². The van der Waals surface area contributed by atoms with Crippen molar-refractivity contribution in [1.29, 1.82) is 0 Å². The van der Waals surface area contributed by atoms with Crippen LogP contribution in [0.3, 0.4) is 0 Å². The van der Waals surface area contributed by atoms with Gasteiger partial charge in [-0.3, -0.25) is 0 Å². The summed E-state index contributed by atoms with van der Waals surface area (Å²) in [6.45, 7) is 4.70. The third kappa shape index (κ3) is 3.40. The smallest absolute Gasteiger partial charge is 0.315 e. The Morgan fingerprint density at radius 3 is 2.89 bits per heavy atom. The Hall–Kier alpha value is -1.69. The van der Waals surface area contributed by atoms with Crippen LogP contribution in [0.2, 0.25) is 0 Å². The number of fused-ring (bicyclic) bond motifs is 1. The molecule has 1 aliphatic rings. The molecule has 0 saturated carbocycles. The van der Waals surface area contributed by atoms with Crippen molar-refractivity contribution in [2.45, 2.75) is 6.54 Å². The molecular weight excluding hydrogens is 300 g/mol. The Morgan fingerprint density at radius 1 is 1.33 bits per heavy atom. The van der Waals surface area contributed by atoms with Gasteiger partial charge in [-0.25, -0.2) is 4.79 Å². The molecule has 18 heavy (non-hydrogen) atoms. The van der Waals surface area contributed by atoms with Crippen LogP contribution in [0.15, 0.2) is 29.3 Å². The average Bonchev–Trinajstić information content (AvgIpc) is 2.81. The molecular formula is C12H13BrN2O3. The summed E-state index contributed by atoms with van der Waals surface area (Å²) in [4.78, 5) is 11.4. The van der Waals surface area contributed by atoms with Gasteiger partial charge in [0.1, 0.15) is 0 Å². The minimum absolute atomic E-state index is 0.242. The number of hydrogen-bond donors (Lipinski definition) is 2. The summed E-state index contributed by atoms with van der Waals surface area (Å²) in [6, 6.07) is 5.33. The standard InChI is InChI=1S/C12H13BrN2O3/c1-8(13)5-14-12(16)15-6-9-2-3-10-11(4-9)18-7-17-10/h2-4H,1,5-7H2,(H2,14,15,16). The minimum atomic E-state index is -0.242. The van der Waals surface area contributed by atoms with E-state index in [9.17, 15) is 4.79 Å². The average molecular weight is 313 g/mol. The van der Waals surface area contributed by atoms with E-state index in [0.29, 0.717) is 18.8 Å². The first-order valence-corrected chi connectivity index (χ1v) is 6.18. The third-order valence-electron chi connectivity index (χ3n) is 2.33. The van der Waals surface area contributed by atoms with Crippen LogP contribution in [-0.2, 0) is 6.54 Å². The number of rotatable bonds is 4. The van der Waals surface area contributed by atoms with Crippen molar-refractivity contribution in [1.82, 2.24) is 10.6 Å². The van der Waals surface area contributed by atoms with Gasteiger partial charge in [0.15, 0.2) is 11.5 Å². The zero-order chi connectivity index (χ0) is 13.0. The van der Waals surface area contributed by atoms with Crippen molar-refractivity contribution in [3.05, 3.63) is 34.8 Å². The number of benzene rings is 1. The second kappa shape index (κ2) is 5.77. The van der Waals surface area contributed by atoms with Crippen LogP contribution >= 0.6 is 15.9 Å². The molecule has 1 aromatic carbocycles. The minimum Gasteiger partial charge on any atom is -0.454 e. The van der Waals surface area contributed by atoms with Gasteiger partial charge >= 0.3 is 6.03 Å². The zero-order valence-electron chi connectivity index (χ0n) is 9.66. The van der Waals surface area contributed by atoms with Crippen molar-refractivity contribution in [3.8, 4) is 11.5 Å². The summed E-state index contributed by atoms with van der Waals surface area (Å²) in [5.74, 6) is 1.45. The molecule has 0 fully saturated rings. The summed E-state index contributed by atoms with van der Waals surface area (Å²) in [7, 11) is 0. The first-order chi connectivity index (χ1) is 8.65. The van der Waals surface area contributed by atoms with Crippen molar-refractivity contribution >= 4 is 22.0 Å². The highest BCUT2D eigenvalue weighted by molar-refractivity contribution is 9.11. The van der Waals surface area contributed by atoms with E-state index in [2.05, 4.69) is 33.1 Å². The molecule has 0 spiro atoms. The molecule has 0 saturated heterocycles. The molecule has 0 radical (unpaired) electrons. The molecule has 2 rings (SSSR count). The Bertz CT molecular complexity index is 476. The van der Waals surface area contributed by atoms with Gasteiger partial charge < -0.3 is 20.1 Å². The normalized spacial score (nSPS) is 12.1. The third-order valence-corrected chi connectivity index (χ3v) is 2.61. The number of carbonyl (C=O) groups is 1. The topological polar surface area (TPSA) is 59.6 Å². The van der Waals surface area contributed by atoms with Gasteiger partial charge in [-0.05, 0) is 17.7 Å². The largest absolute Gasteiger partial charge is 0.454 e. The predicted octanol–water partition coefficient (Wildman–Crippen LogP) is 2.12. The van der Waals surface area contributed by atoms with Crippen LogP contribution in [0.5, 0.6) is 11.5 Å². The quantitative estimate of drug-likeness (QED) is 0.895. The molecule has 0 bridgehead atoms. The molecule has 1 aliphatic heterocycles. The summed E-state index contributed by atoms with van der Waals surface area (Å²) in [6.07, 6.45) is 0. The number of ether oxygens (including phenoxy) is 2. The van der Waals surface area contributed by atoms with Gasteiger partial charge in [-0.2, -0.15) is 0 Å². The van der Waals surface area contributed by atoms with E-state index in [1.807, 2.05) is 18.2 Å². The number of amides is 2. The highest BCUT2D eigenvalue weighted by atomic mass is 79.9. The summed E-state index contributed by atoms with van der Waals surface area (Å²) in [5, 5.41) is 5.39. The molecule has 0 aliphatic carbocycles. The maximum absolute atomic E-state index is 11.4. The van der Waals surface area contributed by atoms with Crippen LogP contribution in [0.25, 0.3) is 0 Å². The van der Waals surface area contributed by atoms with Gasteiger partial charge in [0.25, 0.3) is 0 Å².